The second kappa shape index (κ2) is 9.38. The molecule has 0 aliphatic carbocycles. The number of imidazole rings is 1. The van der Waals surface area contributed by atoms with Gasteiger partial charge in [-0.15, -0.1) is 0 Å². The Morgan fingerprint density at radius 2 is 1.91 bits per heavy atom. The summed E-state index contributed by atoms with van der Waals surface area (Å²) in [5, 5.41) is 1.65. The molecule has 1 N–H and O–H groups in total. The third kappa shape index (κ3) is 4.67. The summed E-state index contributed by atoms with van der Waals surface area (Å²) in [4.78, 5) is 23.0. The number of halogens is 1. The number of nitrogens with zero attached hydrogens (tertiary/aromatic N) is 3. The minimum absolute atomic E-state index is 0.0437. The molecule has 0 radical (unpaired) electrons. The SMILES string of the molecule is Cc1nc2ccc(-c3ccc4c(c3)CN(C(=O)c3ccc(PN(C)C)c(Cl)c3)CCO4)cc2[nH]1. The van der Waals surface area contributed by atoms with E-state index >= 15 is 0 Å². The summed E-state index contributed by atoms with van der Waals surface area (Å²) in [7, 11) is 4.47. The Labute approximate surface area is 205 Å². The zero-order valence-corrected chi connectivity index (χ0v) is 21.1. The van der Waals surface area contributed by atoms with Gasteiger partial charge in [0.1, 0.15) is 18.2 Å². The smallest absolute Gasteiger partial charge is 0.254 e. The molecule has 34 heavy (non-hydrogen) atoms. The number of amides is 1. The Bertz CT molecular complexity index is 1380. The molecule has 2 heterocycles. The molecule has 1 amide bonds. The maximum Gasteiger partial charge on any atom is 0.254 e. The van der Waals surface area contributed by atoms with Gasteiger partial charge in [-0.1, -0.05) is 29.8 Å². The van der Waals surface area contributed by atoms with E-state index in [1.807, 2.05) is 50.2 Å². The number of hydrogen-bond donors (Lipinski definition) is 1. The average Bonchev–Trinajstić information content (AvgIpc) is 3.05. The Balaban J connectivity index is 1.41. The van der Waals surface area contributed by atoms with Crippen LogP contribution in [0.1, 0.15) is 21.7 Å². The van der Waals surface area contributed by atoms with Crippen LogP contribution in [0, 0.1) is 6.92 Å². The van der Waals surface area contributed by atoms with Crippen molar-refractivity contribution in [3.8, 4) is 16.9 Å². The van der Waals surface area contributed by atoms with Crippen LogP contribution in [0.2, 0.25) is 5.02 Å². The first-order chi connectivity index (χ1) is 16.4. The Hall–Kier alpha value is -2.92. The van der Waals surface area contributed by atoms with Crippen LogP contribution in [0.5, 0.6) is 5.75 Å². The van der Waals surface area contributed by atoms with E-state index in [1.54, 1.807) is 6.07 Å². The molecule has 4 aromatic rings. The maximum atomic E-state index is 13.3. The number of hydrogen-bond acceptors (Lipinski definition) is 4. The number of benzene rings is 3. The molecule has 1 aromatic heterocycles. The van der Waals surface area contributed by atoms with Crippen molar-refractivity contribution in [2.24, 2.45) is 0 Å². The van der Waals surface area contributed by atoms with Gasteiger partial charge >= 0.3 is 0 Å². The highest BCUT2D eigenvalue weighted by Crippen LogP contribution is 2.31. The lowest BCUT2D eigenvalue weighted by Crippen LogP contribution is -2.32. The van der Waals surface area contributed by atoms with Crippen molar-refractivity contribution in [3.05, 3.63) is 76.6 Å². The summed E-state index contributed by atoms with van der Waals surface area (Å²) in [5.74, 6) is 1.67. The number of aryl methyl sites for hydroxylation is 1. The van der Waals surface area contributed by atoms with Crippen molar-refractivity contribution in [1.82, 2.24) is 19.5 Å². The third-order valence-corrected chi connectivity index (χ3v) is 7.42. The number of ether oxygens (including phenoxy) is 1. The van der Waals surface area contributed by atoms with Crippen LogP contribution in [0.4, 0.5) is 0 Å². The first-order valence-electron chi connectivity index (χ1n) is 11.1. The van der Waals surface area contributed by atoms with E-state index in [4.69, 9.17) is 16.3 Å². The fourth-order valence-corrected chi connectivity index (χ4v) is 5.35. The van der Waals surface area contributed by atoms with Crippen LogP contribution in [-0.2, 0) is 6.54 Å². The number of rotatable bonds is 4. The molecule has 1 aliphatic heterocycles. The lowest BCUT2D eigenvalue weighted by molar-refractivity contribution is 0.0733. The quantitative estimate of drug-likeness (QED) is 0.407. The van der Waals surface area contributed by atoms with Crippen LogP contribution in [-0.4, -0.2) is 52.7 Å². The number of aromatic amines is 1. The molecule has 0 saturated carbocycles. The van der Waals surface area contributed by atoms with Gasteiger partial charge in [-0.2, -0.15) is 0 Å². The third-order valence-electron chi connectivity index (χ3n) is 5.82. The van der Waals surface area contributed by atoms with E-state index < -0.39 is 0 Å². The fourth-order valence-electron chi connectivity index (χ4n) is 4.23. The standard InChI is InChI=1S/C26H26ClN4O2P/c1-16-28-22-7-4-18(14-23(22)29-16)17-5-8-24-20(12-17)15-31(10-11-33-24)26(32)19-6-9-25(21(27)13-19)34-30(2)3/h4-9,12-14,34H,10-11,15H2,1-3H3,(H,28,29). The van der Waals surface area contributed by atoms with Gasteiger partial charge in [-0.25, -0.2) is 4.98 Å². The molecule has 3 aromatic carbocycles. The summed E-state index contributed by atoms with van der Waals surface area (Å²) >= 11 is 6.48. The highest BCUT2D eigenvalue weighted by atomic mass is 35.5. The van der Waals surface area contributed by atoms with Gasteiger partial charge in [-0.3, -0.25) is 9.46 Å². The van der Waals surface area contributed by atoms with Crippen LogP contribution < -0.4 is 10.0 Å². The Morgan fingerprint density at radius 1 is 1.12 bits per heavy atom. The molecule has 1 atom stereocenters. The summed E-state index contributed by atoms with van der Waals surface area (Å²) in [6.45, 7) is 3.40. The van der Waals surface area contributed by atoms with Crippen molar-refractivity contribution in [2.75, 3.05) is 27.2 Å². The second-order valence-electron chi connectivity index (χ2n) is 8.65. The highest BCUT2D eigenvalue weighted by molar-refractivity contribution is 7.45. The molecule has 0 fully saturated rings. The fraction of sp³-hybridized carbons (Fsp3) is 0.231. The summed E-state index contributed by atoms with van der Waals surface area (Å²) in [5.41, 5.74) is 5.70. The molecule has 6 nitrogen and oxygen atoms in total. The zero-order valence-electron chi connectivity index (χ0n) is 19.4. The van der Waals surface area contributed by atoms with Gasteiger partial charge in [0, 0.05) is 23.0 Å². The van der Waals surface area contributed by atoms with Crippen molar-refractivity contribution < 1.29 is 9.53 Å². The average molecular weight is 493 g/mol. The number of aromatic nitrogens is 2. The van der Waals surface area contributed by atoms with Gasteiger partial charge in [0.05, 0.1) is 22.6 Å². The molecule has 5 rings (SSSR count). The number of fused-ring (bicyclic) bond motifs is 2. The largest absolute Gasteiger partial charge is 0.491 e. The van der Waals surface area contributed by atoms with Gasteiger partial charge in [0.2, 0.25) is 0 Å². The molecule has 0 bridgehead atoms. The normalized spacial score (nSPS) is 14.0. The summed E-state index contributed by atoms with van der Waals surface area (Å²) < 4.78 is 8.05. The predicted octanol–water partition coefficient (Wildman–Crippen LogP) is 5.01. The molecule has 0 saturated heterocycles. The topological polar surface area (TPSA) is 61.5 Å². The molecule has 1 unspecified atom stereocenters. The van der Waals surface area contributed by atoms with Crippen molar-refractivity contribution in [2.45, 2.75) is 13.5 Å². The number of H-pyrrole nitrogens is 1. The van der Waals surface area contributed by atoms with E-state index in [-0.39, 0.29) is 5.91 Å². The first kappa shape index (κ1) is 22.9. The lowest BCUT2D eigenvalue weighted by Gasteiger charge is -2.21. The maximum absolute atomic E-state index is 13.3. The van der Waals surface area contributed by atoms with Gasteiger partial charge in [0.15, 0.2) is 0 Å². The van der Waals surface area contributed by atoms with Crippen molar-refractivity contribution >= 4 is 42.6 Å². The zero-order chi connectivity index (χ0) is 23.8. The van der Waals surface area contributed by atoms with E-state index in [0.717, 1.165) is 44.6 Å². The number of nitrogens with one attached hydrogen (secondary N) is 1. The Kier molecular flexibility index (Phi) is 6.30. The molecular formula is C26H26ClN4O2P. The summed E-state index contributed by atoms with van der Waals surface area (Å²) in [6, 6.07) is 18.0. The second-order valence-corrected chi connectivity index (χ2v) is 10.7. The minimum Gasteiger partial charge on any atom is -0.491 e. The molecule has 1 aliphatic rings. The number of carbonyl (C=O) groups is 1. The van der Waals surface area contributed by atoms with Gasteiger partial charge in [-0.05, 0) is 77.3 Å². The number of carbonyl (C=O) groups excluding carboxylic acids is 1. The van der Waals surface area contributed by atoms with Crippen LogP contribution in [0.25, 0.3) is 22.2 Å². The summed E-state index contributed by atoms with van der Waals surface area (Å²) in [6.07, 6.45) is 0. The monoisotopic (exact) mass is 492 g/mol. The van der Waals surface area contributed by atoms with Crippen LogP contribution in [0.15, 0.2) is 54.6 Å². The minimum atomic E-state index is -0.0437. The molecule has 8 heteroatoms. The van der Waals surface area contributed by atoms with Crippen molar-refractivity contribution in [1.29, 1.82) is 0 Å². The van der Waals surface area contributed by atoms with E-state index in [0.29, 0.717) is 39.0 Å². The highest BCUT2D eigenvalue weighted by Gasteiger charge is 2.22. The van der Waals surface area contributed by atoms with Gasteiger partial charge in [0.25, 0.3) is 5.91 Å². The molecule has 0 spiro atoms. The van der Waals surface area contributed by atoms with Crippen LogP contribution >= 0.6 is 20.3 Å². The van der Waals surface area contributed by atoms with E-state index in [2.05, 4.69) is 38.9 Å². The van der Waals surface area contributed by atoms with E-state index in [9.17, 15) is 4.79 Å². The van der Waals surface area contributed by atoms with Crippen molar-refractivity contribution in [3.63, 3.8) is 0 Å². The van der Waals surface area contributed by atoms with Gasteiger partial charge < -0.3 is 14.6 Å². The predicted molar refractivity (Wildman–Crippen MR) is 140 cm³/mol. The molecular weight excluding hydrogens is 467 g/mol. The Morgan fingerprint density at radius 3 is 2.71 bits per heavy atom. The van der Waals surface area contributed by atoms with E-state index in [1.165, 1.54) is 0 Å². The first-order valence-corrected chi connectivity index (χ1v) is 12.5. The van der Waals surface area contributed by atoms with Crippen LogP contribution in [0.3, 0.4) is 0 Å². The lowest BCUT2D eigenvalue weighted by atomic mass is 10.0. The molecule has 174 valence electrons.